The van der Waals surface area contributed by atoms with Crippen LogP contribution in [0.5, 0.6) is 0 Å². The summed E-state index contributed by atoms with van der Waals surface area (Å²) in [6, 6.07) is 0. The molecule has 0 aliphatic rings. The van der Waals surface area contributed by atoms with Crippen molar-refractivity contribution in [2.24, 2.45) is 0 Å². The summed E-state index contributed by atoms with van der Waals surface area (Å²) in [5.41, 5.74) is 0. The van der Waals surface area contributed by atoms with Crippen LogP contribution < -0.4 is 0 Å². The predicted octanol–water partition coefficient (Wildman–Crippen LogP) is 1.37. The third-order valence-electron chi connectivity index (χ3n) is 1.75. The van der Waals surface area contributed by atoms with E-state index in [-0.39, 0.29) is 0 Å². The smallest absolute Gasteiger partial charge is 0.0474 e. The number of hydrogen-bond acceptors (Lipinski definition) is 2. The number of nitrogens with zero attached hydrogens (tertiary/aromatic N) is 1. The van der Waals surface area contributed by atoms with Crippen molar-refractivity contribution in [3.05, 3.63) is 0 Å². The topological polar surface area (TPSA) is 12.5 Å². The normalized spacial score (nSPS) is 10.2. The Labute approximate surface area is 75.9 Å². The van der Waals surface area contributed by atoms with E-state index in [1.807, 2.05) is 0 Å². The Balaban J connectivity index is 3.11. The molecule has 0 unspecified atom stereocenters. The minimum atomic E-state index is 0.847. The first kappa shape index (κ1) is 11.5. The number of methoxy groups -OCH3 is 1. The molecule has 0 rings (SSSR count). The van der Waals surface area contributed by atoms with E-state index in [9.17, 15) is 0 Å². The molecule has 0 saturated carbocycles. The summed E-state index contributed by atoms with van der Waals surface area (Å²) in [6.45, 7) is 3.03. The Hall–Kier alpha value is -0.520. The van der Waals surface area contributed by atoms with Crippen LogP contribution in [0.3, 0.4) is 0 Å². The van der Waals surface area contributed by atoms with Crippen molar-refractivity contribution in [3.63, 3.8) is 0 Å². The van der Waals surface area contributed by atoms with Gasteiger partial charge in [0.25, 0.3) is 0 Å². The minimum absolute atomic E-state index is 0.847. The first-order valence-electron chi connectivity index (χ1n) is 4.42. The second-order valence-corrected chi connectivity index (χ2v) is 2.96. The summed E-state index contributed by atoms with van der Waals surface area (Å²) >= 11 is 0. The number of terminal acetylenes is 1. The highest BCUT2D eigenvalue weighted by molar-refractivity contribution is 4.83. The number of unbranched alkanes of at least 4 members (excludes halogenated alkanes) is 1. The molecule has 0 aromatic rings. The Morgan fingerprint density at radius 1 is 1.33 bits per heavy atom. The first-order valence-corrected chi connectivity index (χ1v) is 4.42. The molecule has 12 heavy (non-hydrogen) atoms. The van der Waals surface area contributed by atoms with Crippen LogP contribution in [-0.2, 0) is 4.74 Å². The second kappa shape index (κ2) is 8.58. The summed E-state index contributed by atoms with van der Waals surface area (Å²) < 4.78 is 4.96. The molecule has 2 heteroatoms. The molecular weight excluding hydrogens is 150 g/mol. The lowest BCUT2D eigenvalue weighted by Crippen LogP contribution is -2.21. The maximum Gasteiger partial charge on any atom is 0.0474 e. The van der Waals surface area contributed by atoms with Gasteiger partial charge in [-0.1, -0.05) is 0 Å². The van der Waals surface area contributed by atoms with Crippen molar-refractivity contribution in [3.8, 4) is 12.3 Å². The molecular formula is C10H19NO. The molecule has 0 aromatic heterocycles. The lowest BCUT2D eigenvalue weighted by Gasteiger charge is -2.14. The van der Waals surface area contributed by atoms with Gasteiger partial charge >= 0.3 is 0 Å². The fraction of sp³-hybridized carbons (Fsp3) is 0.800. The van der Waals surface area contributed by atoms with Crippen LogP contribution in [0.2, 0.25) is 0 Å². The Kier molecular flexibility index (Phi) is 8.20. The van der Waals surface area contributed by atoms with Gasteiger partial charge in [-0.3, -0.25) is 0 Å². The average molecular weight is 169 g/mol. The molecule has 70 valence electrons. The molecule has 2 nitrogen and oxygen atoms in total. The summed E-state index contributed by atoms with van der Waals surface area (Å²) in [7, 11) is 3.85. The van der Waals surface area contributed by atoms with Crippen molar-refractivity contribution < 1.29 is 4.74 Å². The van der Waals surface area contributed by atoms with E-state index in [1.165, 1.54) is 0 Å². The Morgan fingerprint density at radius 3 is 2.58 bits per heavy atom. The van der Waals surface area contributed by atoms with E-state index in [0.717, 1.165) is 39.0 Å². The van der Waals surface area contributed by atoms with Gasteiger partial charge in [-0.2, -0.15) is 0 Å². The van der Waals surface area contributed by atoms with Gasteiger partial charge in [0.15, 0.2) is 0 Å². The maximum atomic E-state index is 5.15. The van der Waals surface area contributed by atoms with E-state index in [1.54, 1.807) is 7.11 Å². The van der Waals surface area contributed by atoms with Crippen molar-refractivity contribution in [1.29, 1.82) is 0 Å². The van der Waals surface area contributed by atoms with E-state index >= 15 is 0 Å². The first-order chi connectivity index (χ1) is 5.81. The zero-order valence-corrected chi connectivity index (χ0v) is 8.18. The van der Waals surface area contributed by atoms with Gasteiger partial charge in [-0.05, 0) is 26.4 Å². The van der Waals surface area contributed by atoms with Gasteiger partial charge in [0, 0.05) is 26.7 Å². The maximum absolute atomic E-state index is 5.15. The number of ether oxygens (including phenoxy) is 1. The van der Waals surface area contributed by atoms with Crippen LogP contribution in [0, 0.1) is 12.3 Å². The van der Waals surface area contributed by atoms with Crippen LogP contribution in [0.1, 0.15) is 19.3 Å². The van der Waals surface area contributed by atoms with Crippen LogP contribution in [0.4, 0.5) is 0 Å². The van der Waals surface area contributed by atoms with Gasteiger partial charge in [0.05, 0.1) is 0 Å². The predicted molar refractivity (Wildman–Crippen MR) is 52.1 cm³/mol. The molecule has 0 fully saturated rings. The van der Waals surface area contributed by atoms with Crippen molar-refractivity contribution >= 4 is 0 Å². The number of hydrogen-bond donors (Lipinski definition) is 0. The lowest BCUT2D eigenvalue weighted by atomic mass is 10.3. The molecule has 0 spiro atoms. The summed E-state index contributed by atoms with van der Waals surface area (Å²) in [6.07, 6.45) is 8.23. The van der Waals surface area contributed by atoms with Crippen LogP contribution in [0.25, 0.3) is 0 Å². The van der Waals surface area contributed by atoms with Gasteiger partial charge < -0.3 is 9.64 Å². The second-order valence-electron chi connectivity index (χ2n) is 2.96. The summed E-state index contributed by atoms with van der Waals surface area (Å²) in [5, 5.41) is 0. The largest absolute Gasteiger partial charge is 0.385 e. The van der Waals surface area contributed by atoms with Gasteiger partial charge in [-0.25, -0.2) is 0 Å². The van der Waals surface area contributed by atoms with Crippen LogP contribution >= 0.6 is 0 Å². The fourth-order valence-electron chi connectivity index (χ4n) is 1.04. The zero-order valence-electron chi connectivity index (χ0n) is 8.18. The van der Waals surface area contributed by atoms with E-state index in [0.29, 0.717) is 0 Å². The molecule has 0 aliphatic carbocycles. The van der Waals surface area contributed by atoms with Gasteiger partial charge in [-0.15, -0.1) is 12.3 Å². The standard InChI is InChI=1S/C10H19NO/c1-4-5-6-8-11(2)9-7-10-12-3/h1H,5-10H2,2-3H3. The Morgan fingerprint density at radius 2 is 2.00 bits per heavy atom. The van der Waals surface area contributed by atoms with Crippen molar-refractivity contribution in [2.45, 2.75) is 19.3 Å². The molecule has 0 aromatic carbocycles. The molecule has 0 bridgehead atoms. The Bertz CT molecular complexity index is 128. The third kappa shape index (κ3) is 7.59. The van der Waals surface area contributed by atoms with E-state index in [2.05, 4.69) is 17.9 Å². The molecule has 0 heterocycles. The summed E-state index contributed by atoms with van der Waals surface area (Å²) in [4.78, 5) is 2.29. The lowest BCUT2D eigenvalue weighted by molar-refractivity contribution is 0.179. The quantitative estimate of drug-likeness (QED) is 0.421. The summed E-state index contributed by atoms with van der Waals surface area (Å²) in [5.74, 6) is 2.64. The van der Waals surface area contributed by atoms with Gasteiger partial charge in [0.1, 0.15) is 0 Å². The SMILES string of the molecule is C#CCCCN(C)CCCOC. The minimum Gasteiger partial charge on any atom is -0.385 e. The van der Waals surface area contributed by atoms with Crippen LogP contribution in [0.15, 0.2) is 0 Å². The monoisotopic (exact) mass is 169 g/mol. The third-order valence-corrected chi connectivity index (χ3v) is 1.75. The number of rotatable bonds is 7. The highest BCUT2D eigenvalue weighted by Crippen LogP contribution is 1.93. The molecule has 0 atom stereocenters. The van der Waals surface area contributed by atoms with Crippen molar-refractivity contribution in [2.75, 3.05) is 33.9 Å². The molecule has 0 radical (unpaired) electrons. The fourth-order valence-corrected chi connectivity index (χ4v) is 1.04. The highest BCUT2D eigenvalue weighted by Gasteiger charge is 1.95. The molecule has 0 saturated heterocycles. The van der Waals surface area contributed by atoms with Gasteiger partial charge in [0.2, 0.25) is 0 Å². The average Bonchev–Trinajstić information content (AvgIpc) is 2.06. The van der Waals surface area contributed by atoms with Crippen molar-refractivity contribution in [1.82, 2.24) is 4.90 Å². The molecule has 0 N–H and O–H groups in total. The highest BCUT2D eigenvalue weighted by atomic mass is 16.5. The molecule has 0 amide bonds. The molecule has 0 aliphatic heterocycles. The van der Waals surface area contributed by atoms with Crippen LogP contribution in [-0.4, -0.2) is 38.8 Å². The van der Waals surface area contributed by atoms with E-state index < -0.39 is 0 Å². The van der Waals surface area contributed by atoms with E-state index in [4.69, 9.17) is 11.2 Å². The zero-order chi connectivity index (χ0) is 9.23.